The predicted octanol–water partition coefficient (Wildman–Crippen LogP) is 2.25. The number of hydrogen-bond donors (Lipinski definition) is 1. The van der Waals surface area contributed by atoms with Gasteiger partial charge in [0.2, 0.25) is 0 Å². The highest BCUT2D eigenvalue weighted by Crippen LogP contribution is 2.26. The molecule has 0 amide bonds. The Kier molecular flexibility index (Phi) is 4.42. The summed E-state index contributed by atoms with van der Waals surface area (Å²) in [6.45, 7) is 0. The molecule has 3 aromatic heterocycles. The molecule has 0 radical (unpaired) electrons. The van der Waals surface area contributed by atoms with Gasteiger partial charge >= 0.3 is 12.1 Å². The van der Waals surface area contributed by atoms with E-state index in [2.05, 4.69) is 25.6 Å². The summed E-state index contributed by atoms with van der Waals surface area (Å²) in [6.07, 6.45) is -1.34. The van der Waals surface area contributed by atoms with Gasteiger partial charge in [0.25, 0.3) is 5.82 Å². The quantitative estimate of drug-likeness (QED) is 0.733. The zero-order valence-corrected chi connectivity index (χ0v) is 13.2. The molecule has 3 rings (SSSR count). The van der Waals surface area contributed by atoms with Gasteiger partial charge in [-0.3, -0.25) is 0 Å². The molecule has 0 atom stereocenters. The van der Waals surface area contributed by atoms with E-state index in [0.29, 0.717) is 4.68 Å². The molecule has 134 valence electrons. The molecule has 3 aromatic rings. The van der Waals surface area contributed by atoms with Gasteiger partial charge < -0.3 is 5.11 Å². The average Bonchev–Trinajstić information content (AvgIpc) is 3.20. The Morgan fingerprint density at radius 3 is 2.77 bits per heavy atom. The number of carboxylic acid groups (broad SMARTS) is 1. The molecular formula is C13H7ClF3N7O2. The summed E-state index contributed by atoms with van der Waals surface area (Å²) in [5, 5.41) is 22.5. The zero-order valence-electron chi connectivity index (χ0n) is 12.5. The second-order valence-corrected chi connectivity index (χ2v) is 5.15. The molecular weight excluding hydrogens is 379 g/mol. The number of hydrogen-bond acceptors (Lipinski definition) is 6. The van der Waals surface area contributed by atoms with Crippen molar-refractivity contribution < 1.29 is 23.1 Å². The van der Waals surface area contributed by atoms with E-state index >= 15 is 0 Å². The number of alkyl halides is 3. The zero-order chi connectivity index (χ0) is 18.9. The standard InChI is InChI=1S/C13H7ClF3N7O2/c14-8-2-1-4-18-10(8)24-9(11(25)26)6-7(20-24)3-5-23-12(13(15,16)17)19-21-22-23/h1-6H,(H,25,26). The summed E-state index contributed by atoms with van der Waals surface area (Å²) in [6, 6.07) is 4.18. The minimum atomic E-state index is -4.75. The van der Waals surface area contributed by atoms with Crippen LogP contribution in [0.25, 0.3) is 18.1 Å². The van der Waals surface area contributed by atoms with Gasteiger partial charge in [-0.2, -0.15) is 23.0 Å². The molecule has 0 spiro atoms. The normalized spacial score (nSPS) is 12.0. The highest BCUT2D eigenvalue weighted by molar-refractivity contribution is 6.32. The number of rotatable bonds is 4. The summed E-state index contributed by atoms with van der Waals surface area (Å²) in [7, 11) is 0. The summed E-state index contributed by atoms with van der Waals surface area (Å²) >= 11 is 5.98. The first-order chi connectivity index (χ1) is 12.3. The van der Waals surface area contributed by atoms with Crippen LogP contribution in [0.15, 0.2) is 24.4 Å². The van der Waals surface area contributed by atoms with Gasteiger partial charge in [-0.1, -0.05) is 11.6 Å². The molecule has 0 aromatic carbocycles. The highest BCUT2D eigenvalue weighted by Gasteiger charge is 2.37. The molecule has 0 aliphatic heterocycles. The van der Waals surface area contributed by atoms with Gasteiger partial charge in [0.1, 0.15) is 0 Å². The maximum absolute atomic E-state index is 12.7. The Morgan fingerprint density at radius 1 is 1.35 bits per heavy atom. The minimum Gasteiger partial charge on any atom is -0.477 e. The van der Waals surface area contributed by atoms with Crippen LogP contribution in [-0.4, -0.2) is 46.0 Å². The lowest BCUT2D eigenvalue weighted by Crippen LogP contribution is -2.12. The number of aromatic nitrogens is 7. The fourth-order valence-electron chi connectivity index (χ4n) is 1.96. The van der Waals surface area contributed by atoms with Gasteiger partial charge in [-0.25, -0.2) is 14.5 Å². The topological polar surface area (TPSA) is 112 Å². The van der Waals surface area contributed by atoms with Crippen molar-refractivity contribution in [3.63, 3.8) is 0 Å². The molecule has 0 aliphatic rings. The highest BCUT2D eigenvalue weighted by atomic mass is 35.5. The maximum Gasteiger partial charge on any atom is 0.453 e. The van der Waals surface area contributed by atoms with Crippen LogP contribution in [0.4, 0.5) is 13.2 Å². The van der Waals surface area contributed by atoms with Crippen molar-refractivity contribution in [2.45, 2.75) is 6.18 Å². The van der Waals surface area contributed by atoms with Gasteiger partial charge in [0.15, 0.2) is 11.5 Å². The molecule has 0 bridgehead atoms. The van der Waals surface area contributed by atoms with Crippen LogP contribution in [0.2, 0.25) is 5.02 Å². The van der Waals surface area contributed by atoms with Crippen LogP contribution in [0.1, 0.15) is 22.0 Å². The Labute approximate surface area is 147 Å². The Bertz CT molecular complexity index is 996. The predicted molar refractivity (Wildman–Crippen MR) is 81.4 cm³/mol. The van der Waals surface area contributed by atoms with Gasteiger partial charge in [0.05, 0.1) is 10.7 Å². The molecule has 0 fully saturated rings. The Balaban J connectivity index is 2.01. The lowest BCUT2D eigenvalue weighted by Gasteiger charge is -2.04. The van der Waals surface area contributed by atoms with Crippen LogP contribution >= 0.6 is 11.6 Å². The Hall–Kier alpha value is -3.28. The van der Waals surface area contributed by atoms with Crippen LogP contribution in [0.3, 0.4) is 0 Å². The molecule has 0 saturated carbocycles. The van der Waals surface area contributed by atoms with E-state index in [1.807, 2.05) is 0 Å². The molecule has 9 nitrogen and oxygen atoms in total. The van der Waals surface area contributed by atoms with Crippen molar-refractivity contribution in [3.8, 4) is 5.82 Å². The van der Waals surface area contributed by atoms with Gasteiger partial charge in [-0.05, 0) is 34.7 Å². The number of carbonyl (C=O) groups is 1. The third-order valence-corrected chi connectivity index (χ3v) is 3.31. The number of halogens is 4. The first kappa shape index (κ1) is 17.5. The van der Waals surface area contributed by atoms with E-state index in [1.54, 1.807) is 6.07 Å². The van der Waals surface area contributed by atoms with E-state index in [0.717, 1.165) is 23.0 Å². The lowest BCUT2D eigenvalue weighted by molar-refractivity contribution is -0.146. The molecule has 0 aliphatic carbocycles. The SMILES string of the molecule is O=C(O)c1cc(C=Cn2nnnc2C(F)(F)F)nn1-c1ncccc1Cl. The van der Waals surface area contributed by atoms with Crippen LogP contribution < -0.4 is 0 Å². The number of pyridine rings is 1. The number of tetrazole rings is 1. The minimum absolute atomic E-state index is 0.0349. The van der Waals surface area contributed by atoms with Gasteiger partial charge in [0, 0.05) is 12.4 Å². The third-order valence-electron chi connectivity index (χ3n) is 3.02. The van der Waals surface area contributed by atoms with Gasteiger partial charge in [-0.15, -0.1) is 5.10 Å². The van der Waals surface area contributed by atoms with Crippen molar-refractivity contribution in [1.29, 1.82) is 0 Å². The molecule has 0 unspecified atom stereocenters. The first-order valence-corrected chi connectivity index (χ1v) is 7.12. The van der Waals surface area contributed by atoms with Crippen molar-refractivity contribution in [2.75, 3.05) is 0 Å². The number of carboxylic acids is 1. The van der Waals surface area contributed by atoms with Crippen molar-refractivity contribution in [1.82, 2.24) is 35.0 Å². The third kappa shape index (κ3) is 3.39. The van der Waals surface area contributed by atoms with E-state index in [4.69, 9.17) is 11.6 Å². The average molecular weight is 386 g/mol. The second kappa shape index (κ2) is 6.55. The Morgan fingerprint density at radius 2 is 2.12 bits per heavy atom. The maximum atomic E-state index is 12.7. The molecule has 3 heterocycles. The van der Waals surface area contributed by atoms with Crippen molar-refractivity contribution in [2.24, 2.45) is 0 Å². The van der Waals surface area contributed by atoms with E-state index in [-0.39, 0.29) is 22.2 Å². The molecule has 1 N–H and O–H groups in total. The molecule has 26 heavy (non-hydrogen) atoms. The van der Waals surface area contributed by atoms with E-state index < -0.39 is 18.0 Å². The summed E-state index contributed by atoms with van der Waals surface area (Å²) in [5.41, 5.74) is -0.245. The lowest BCUT2D eigenvalue weighted by atomic mass is 10.3. The molecule has 13 heteroatoms. The van der Waals surface area contributed by atoms with Crippen LogP contribution in [-0.2, 0) is 6.18 Å². The smallest absolute Gasteiger partial charge is 0.453 e. The van der Waals surface area contributed by atoms with E-state index in [1.165, 1.54) is 12.3 Å². The number of aromatic carboxylic acids is 1. The second-order valence-electron chi connectivity index (χ2n) is 4.74. The largest absolute Gasteiger partial charge is 0.477 e. The summed E-state index contributed by atoms with van der Waals surface area (Å²) in [5.74, 6) is -2.60. The summed E-state index contributed by atoms with van der Waals surface area (Å²) < 4.78 is 39.6. The monoisotopic (exact) mass is 385 g/mol. The number of nitrogens with zero attached hydrogens (tertiary/aromatic N) is 7. The van der Waals surface area contributed by atoms with Crippen molar-refractivity contribution >= 4 is 29.8 Å². The van der Waals surface area contributed by atoms with Crippen molar-refractivity contribution in [3.05, 3.63) is 46.6 Å². The van der Waals surface area contributed by atoms with Crippen LogP contribution in [0, 0.1) is 0 Å². The fourth-order valence-corrected chi connectivity index (χ4v) is 2.16. The van der Waals surface area contributed by atoms with E-state index in [9.17, 15) is 23.1 Å². The first-order valence-electron chi connectivity index (χ1n) is 6.75. The van der Waals surface area contributed by atoms with Crippen LogP contribution in [0.5, 0.6) is 0 Å². The summed E-state index contributed by atoms with van der Waals surface area (Å²) in [4.78, 5) is 15.4. The molecule has 0 saturated heterocycles. The fraction of sp³-hybridized carbons (Fsp3) is 0.0769.